The lowest BCUT2D eigenvalue weighted by atomic mass is 10.1. The lowest BCUT2D eigenvalue weighted by molar-refractivity contribution is -0.0730. The van der Waals surface area contributed by atoms with Crippen molar-refractivity contribution in [3.63, 3.8) is 0 Å². The van der Waals surface area contributed by atoms with Gasteiger partial charge in [-0.3, -0.25) is 0 Å². The molecule has 0 saturated carbocycles. The van der Waals surface area contributed by atoms with E-state index in [9.17, 15) is 10.2 Å². The minimum absolute atomic E-state index is 0.265. The van der Waals surface area contributed by atoms with Crippen LogP contribution in [0.25, 0.3) is 0 Å². The molecule has 1 aliphatic rings. The smallest absolute Gasteiger partial charge is 0.114 e. The molecule has 1 heterocycles. The molecule has 3 N–H and O–H groups in total. The van der Waals surface area contributed by atoms with Crippen molar-refractivity contribution >= 4 is 0 Å². The summed E-state index contributed by atoms with van der Waals surface area (Å²) in [6.07, 6.45) is 5.41. The zero-order valence-corrected chi connectivity index (χ0v) is 11.6. The fourth-order valence-corrected chi connectivity index (χ4v) is 2.15. The van der Waals surface area contributed by atoms with Gasteiger partial charge in [0.2, 0.25) is 0 Å². The van der Waals surface area contributed by atoms with Crippen LogP contribution >= 0.6 is 0 Å². The molecule has 1 fully saturated rings. The number of allylic oxidation sites excluding steroid dienone is 2. The first-order chi connectivity index (χ1) is 9.20. The molecule has 19 heavy (non-hydrogen) atoms. The van der Waals surface area contributed by atoms with Crippen molar-refractivity contribution in [1.82, 2.24) is 0 Å². The molecular weight excluding hydrogens is 248 g/mol. The maximum absolute atomic E-state index is 9.89. The molecule has 0 spiro atoms. The summed E-state index contributed by atoms with van der Waals surface area (Å²) in [5.74, 6) is 0. The summed E-state index contributed by atoms with van der Waals surface area (Å²) in [4.78, 5) is 0. The number of hydrogen-bond acceptors (Lipinski definition) is 5. The normalized spacial score (nSPS) is 29.2. The van der Waals surface area contributed by atoms with Crippen LogP contribution in [0.5, 0.6) is 0 Å². The van der Waals surface area contributed by atoms with E-state index in [-0.39, 0.29) is 6.61 Å². The van der Waals surface area contributed by atoms with Crippen LogP contribution in [0.15, 0.2) is 12.2 Å². The molecule has 0 bridgehead atoms. The number of unbranched alkanes of at least 4 members (excludes halogenated alkanes) is 3. The molecule has 0 radical (unpaired) electrons. The van der Waals surface area contributed by atoms with Crippen LogP contribution in [-0.2, 0) is 9.47 Å². The van der Waals surface area contributed by atoms with Gasteiger partial charge in [-0.05, 0) is 26.2 Å². The second-order valence-electron chi connectivity index (χ2n) is 4.87. The molecule has 1 saturated heterocycles. The van der Waals surface area contributed by atoms with E-state index in [2.05, 4.69) is 12.2 Å². The Labute approximate surface area is 114 Å². The highest BCUT2D eigenvalue weighted by Gasteiger charge is 2.40. The minimum Gasteiger partial charge on any atom is -0.394 e. The third-order valence-electron chi connectivity index (χ3n) is 3.32. The molecule has 1 aliphatic heterocycles. The quantitative estimate of drug-likeness (QED) is 0.424. The first kappa shape index (κ1) is 16.6. The molecule has 0 aliphatic carbocycles. The molecule has 5 heteroatoms. The van der Waals surface area contributed by atoms with E-state index in [0.717, 1.165) is 25.7 Å². The minimum atomic E-state index is -1.05. The Bertz CT molecular complexity index is 256. The predicted octanol–water partition coefficient (Wildman–Crippen LogP) is 0.621. The van der Waals surface area contributed by atoms with Crippen LogP contribution in [0.4, 0.5) is 0 Å². The summed E-state index contributed by atoms with van der Waals surface area (Å²) >= 11 is 0. The lowest BCUT2D eigenvalue weighted by Gasteiger charge is -2.20. The Kier molecular flexibility index (Phi) is 8.25. The first-order valence-electron chi connectivity index (χ1n) is 7.02. The van der Waals surface area contributed by atoms with Crippen LogP contribution in [-0.4, -0.2) is 59.6 Å². The molecular formula is C14H26O5. The Morgan fingerprint density at radius 2 is 2.16 bits per heavy atom. The van der Waals surface area contributed by atoms with Crippen molar-refractivity contribution in [3.05, 3.63) is 12.2 Å². The standard InChI is InChI=1S/C14H26O5/c1-2-3-4-5-6-7-8-18-12-10-19-14(13(12)17)11(16)9-15/h2-3,11-17H,4-10H2,1H3/b3-2+/t11-,12+,13+,14+/m0/s1. The largest absolute Gasteiger partial charge is 0.394 e. The van der Waals surface area contributed by atoms with Crippen molar-refractivity contribution in [3.8, 4) is 0 Å². The fraction of sp³-hybridized carbons (Fsp3) is 0.857. The Morgan fingerprint density at radius 1 is 1.37 bits per heavy atom. The molecule has 0 amide bonds. The molecule has 0 aromatic carbocycles. The van der Waals surface area contributed by atoms with E-state index in [0.29, 0.717) is 6.61 Å². The van der Waals surface area contributed by atoms with Crippen LogP contribution in [0.1, 0.15) is 32.6 Å². The summed E-state index contributed by atoms with van der Waals surface area (Å²) < 4.78 is 10.8. The topological polar surface area (TPSA) is 79.2 Å². The maximum Gasteiger partial charge on any atom is 0.114 e. The SMILES string of the molecule is C/C=C/CCCCCO[C@@H]1CO[C@H]([C@@H](O)CO)[C@@H]1O. The highest BCUT2D eigenvalue weighted by atomic mass is 16.6. The maximum atomic E-state index is 9.89. The highest BCUT2D eigenvalue weighted by molar-refractivity contribution is 4.88. The van der Waals surface area contributed by atoms with Crippen LogP contribution in [0, 0.1) is 0 Å². The number of ether oxygens (including phenoxy) is 2. The predicted molar refractivity (Wildman–Crippen MR) is 71.9 cm³/mol. The van der Waals surface area contributed by atoms with E-state index in [1.165, 1.54) is 0 Å². The summed E-state index contributed by atoms with van der Waals surface area (Å²) in [5, 5.41) is 28.2. The molecule has 0 unspecified atom stereocenters. The third-order valence-corrected chi connectivity index (χ3v) is 3.32. The van der Waals surface area contributed by atoms with Gasteiger partial charge >= 0.3 is 0 Å². The summed E-state index contributed by atoms with van der Waals surface area (Å²) in [5.41, 5.74) is 0. The molecule has 0 aromatic heterocycles. The van der Waals surface area contributed by atoms with Crippen molar-refractivity contribution in [2.24, 2.45) is 0 Å². The van der Waals surface area contributed by atoms with Crippen molar-refractivity contribution in [2.45, 2.75) is 57.0 Å². The molecule has 0 aromatic rings. The fourth-order valence-electron chi connectivity index (χ4n) is 2.15. The summed E-state index contributed by atoms with van der Waals surface area (Å²) in [7, 11) is 0. The highest BCUT2D eigenvalue weighted by Crippen LogP contribution is 2.20. The van der Waals surface area contributed by atoms with Crippen LogP contribution < -0.4 is 0 Å². The lowest BCUT2D eigenvalue weighted by Crippen LogP contribution is -2.41. The molecule has 5 nitrogen and oxygen atoms in total. The second kappa shape index (κ2) is 9.44. The number of aliphatic hydroxyl groups is 3. The van der Waals surface area contributed by atoms with Gasteiger partial charge in [0, 0.05) is 6.61 Å². The average Bonchev–Trinajstić information content (AvgIpc) is 2.78. The van der Waals surface area contributed by atoms with Crippen LogP contribution in [0.2, 0.25) is 0 Å². The molecule has 1 rings (SSSR count). The summed E-state index contributed by atoms with van der Waals surface area (Å²) in [6.45, 7) is 2.45. The third kappa shape index (κ3) is 5.58. The van der Waals surface area contributed by atoms with Gasteiger partial charge in [0.1, 0.15) is 24.4 Å². The number of rotatable bonds is 9. The van der Waals surface area contributed by atoms with E-state index in [4.69, 9.17) is 14.6 Å². The molecule has 112 valence electrons. The Morgan fingerprint density at radius 3 is 2.84 bits per heavy atom. The van der Waals surface area contributed by atoms with E-state index in [1.54, 1.807) is 0 Å². The number of hydrogen-bond donors (Lipinski definition) is 3. The van der Waals surface area contributed by atoms with Gasteiger partial charge in [-0.25, -0.2) is 0 Å². The van der Waals surface area contributed by atoms with E-state index < -0.39 is 31.0 Å². The monoisotopic (exact) mass is 274 g/mol. The summed E-state index contributed by atoms with van der Waals surface area (Å²) in [6, 6.07) is 0. The Hall–Kier alpha value is -0.460. The van der Waals surface area contributed by atoms with Crippen LogP contribution in [0.3, 0.4) is 0 Å². The van der Waals surface area contributed by atoms with Gasteiger partial charge in [0.25, 0.3) is 0 Å². The van der Waals surface area contributed by atoms with Crippen molar-refractivity contribution in [2.75, 3.05) is 19.8 Å². The Balaban J connectivity index is 2.10. The van der Waals surface area contributed by atoms with Crippen molar-refractivity contribution in [1.29, 1.82) is 0 Å². The van der Waals surface area contributed by atoms with Gasteiger partial charge < -0.3 is 24.8 Å². The number of aliphatic hydroxyl groups excluding tert-OH is 3. The zero-order valence-electron chi connectivity index (χ0n) is 11.6. The van der Waals surface area contributed by atoms with Gasteiger partial charge in [-0.2, -0.15) is 0 Å². The second-order valence-corrected chi connectivity index (χ2v) is 4.87. The zero-order chi connectivity index (χ0) is 14.1. The van der Waals surface area contributed by atoms with E-state index in [1.807, 2.05) is 6.92 Å². The van der Waals surface area contributed by atoms with Gasteiger partial charge in [0.05, 0.1) is 13.2 Å². The first-order valence-corrected chi connectivity index (χ1v) is 7.02. The molecule has 4 atom stereocenters. The van der Waals surface area contributed by atoms with E-state index >= 15 is 0 Å². The van der Waals surface area contributed by atoms with Gasteiger partial charge in [-0.15, -0.1) is 0 Å². The van der Waals surface area contributed by atoms with Gasteiger partial charge in [0.15, 0.2) is 0 Å². The van der Waals surface area contributed by atoms with Crippen molar-refractivity contribution < 1.29 is 24.8 Å². The average molecular weight is 274 g/mol. The van der Waals surface area contributed by atoms with Gasteiger partial charge in [-0.1, -0.05) is 18.6 Å².